The van der Waals surface area contributed by atoms with Crippen molar-refractivity contribution < 1.29 is 19.4 Å². The molecule has 1 atom stereocenters. The van der Waals surface area contributed by atoms with E-state index in [1.807, 2.05) is 0 Å². The minimum absolute atomic E-state index is 0.0236. The Balaban J connectivity index is 1.77. The number of amides is 1. The Hall–Kier alpha value is -2.12. The number of carbonyl (C=O) groups excluding carboxylic acids is 2. The predicted molar refractivity (Wildman–Crippen MR) is 111 cm³/mol. The zero-order valence-electron chi connectivity index (χ0n) is 15.6. The second-order valence-electron chi connectivity index (χ2n) is 6.39. The lowest BCUT2D eigenvalue weighted by Gasteiger charge is -2.20. The highest BCUT2D eigenvalue weighted by Crippen LogP contribution is 2.29. The molecule has 0 saturated heterocycles. The van der Waals surface area contributed by atoms with Gasteiger partial charge >= 0.3 is 0 Å². The molecule has 0 saturated carbocycles. The van der Waals surface area contributed by atoms with Crippen LogP contribution >= 0.6 is 23.2 Å². The van der Waals surface area contributed by atoms with E-state index in [-0.39, 0.29) is 31.4 Å². The standard InChI is InChI=1S/C20H22Cl2N2O4/c1-13(25)14-6-8-16(9-7-14)28-12-15(26)10-24(2)11-19(27)23-20-17(21)4-3-5-18(20)22/h3-9,15,26H,10-12H2,1-2H3,(H,23,27). The van der Waals surface area contributed by atoms with Gasteiger partial charge in [-0.25, -0.2) is 0 Å². The maximum atomic E-state index is 12.2. The molecular weight excluding hydrogens is 403 g/mol. The highest BCUT2D eigenvalue weighted by molar-refractivity contribution is 6.39. The number of para-hydroxylation sites is 1. The molecule has 2 rings (SSSR count). The topological polar surface area (TPSA) is 78.9 Å². The number of aliphatic hydroxyl groups excluding tert-OH is 1. The molecule has 0 radical (unpaired) electrons. The molecule has 2 aromatic rings. The van der Waals surface area contributed by atoms with Gasteiger partial charge in [0.05, 0.1) is 22.3 Å². The fourth-order valence-corrected chi connectivity index (χ4v) is 2.99. The number of nitrogens with zero attached hydrogens (tertiary/aromatic N) is 1. The molecule has 2 aromatic carbocycles. The molecule has 0 spiro atoms. The van der Waals surface area contributed by atoms with E-state index in [2.05, 4.69) is 5.32 Å². The van der Waals surface area contributed by atoms with Crippen LogP contribution in [0.4, 0.5) is 5.69 Å². The zero-order valence-corrected chi connectivity index (χ0v) is 17.1. The van der Waals surface area contributed by atoms with Crippen molar-refractivity contribution >= 4 is 40.6 Å². The highest BCUT2D eigenvalue weighted by atomic mass is 35.5. The van der Waals surface area contributed by atoms with Gasteiger partial charge in [-0.3, -0.25) is 14.5 Å². The van der Waals surface area contributed by atoms with E-state index in [9.17, 15) is 14.7 Å². The number of benzene rings is 2. The average Bonchev–Trinajstić information content (AvgIpc) is 2.63. The van der Waals surface area contributed by atoms with Gasteiger partial charge in [0.15, 0.2) is 5.78 Å². The number of hydrogen-bond donors (Lipinski definition) is 2. The fraction of sp³-hybridized carbons (Fsp3) is 0.300. The molecule has 0 heterocycles. The van der Waals surface area contributed by atoms with Crippen LogP contribution in [0.3, 0.4) is 0 Å². The Bertz CT molecular complexity index is 807. The van der Waals surface area contributed by atoms with Crippen LogP contribution in [-0.2, 0) is 4.79 Å². The molecule has 28 heavy (non-hydrogen) atoms. The first-order valence-electron chi connectivity index (χ1n) is 8.60. The Morgan fingerprint density at radius 1 is 1.14 bits per heavy atom. The number of halogens is 2. The molecule has 1 unspecified atom stereocenters. The number of likely N-dealkylation sites (N-methyl/N-ethyl adjacent to an activating group) is 1. The summed E-state index contributed by atoms with van der Waals surface area (Å²) < 4.78 is 5.51. The number of rotatable bonds is 9. The monoisotopic (exact) mass is 424 g/mol. The summed E-state index contributed by atoms with van der Waals surface area (Å²) in [5.74, 6) is 0.229. The summed E-state index contributed by atoms with van der Waals surface area (Å²) in [6.07, 6.45) is -0.797. The molecule has 6 nitrogen and oxygen atoms in total. The number of Topliss-reactive ketones (excluding diaryl/α,β-unsaturated/α-hetero) is 1. The van der Waals surface area contributed by atoms with E-state index in [0.717, 1.165) is 0 Å². The number of hydrogen-bond acceptors (Lipinski definition) is 5. The van der Waals surface area contributed by atoms with Gasteiger partial charge in [0.2, 0.25) is 5.91 Å². The Kier molecular flexibility index (Phi) is 8.26. The second-order valence-corrected chi connectivity index (χ2v) is 7.20. The van der Waals surface area contributed by atoms with E-state index >= 15 is 0 Å². The lowest BCUT2D eigenvalue weighted by atomic mass is 10.1. The molecule has 1 amide bonds. The summed E-state index contributed by atoms with van der Waals surface area (Å²) in [5.41, 5.74) is 0.958. The van der Waals surface area contributed by atoms with Gasteiger partial charge in [0.1, 0.15) is 18.5 Å². The van der Waals surface area contributed by atoms with E-state index in [1.165, 1.54) is 6.92 Å². The number of nitrogens with one attached hydrogen (secondary N) is 1. The smallest absolute Gasteiger partial charge is 0.238 e. The third-order valence-electron chi connectivity index (χ3n) is 3.87. The van der Waals surface area contributed by atoms with Gasteiger partial charge in [-0.05, 0) is 50.4 Å². The van der Waals surface area contributed by atoms with Crippen LogP contribution < -0.4 is 10.1 Å². The van der Waals surface area contributed by atoms with Gasteiger partial charge in [0.25, 0.3) is 0 Å². The number of anilines is 1. The minimum Gasteiger partial charge on any atom is -0.491 e. The number of ether oxygens (including phenoxy) is 1. The number of aliphatic hydroxyl groups is 1. The van der Waals surface area contributed by atoms with Crippen molar-refractivity contribution in [3.63, 3.8) is 0 Å². The first-order chi connectivity index (χ1) is 13.3. The van der Waals surface area contributed by atoms with Crippen molar-refractivity contribution in [2.24, 2.45) is 0 Å². The van der Waals surface area contributed by atoms with Gasteiger partial charge in [-0.15, -0.1) is 0 Å². The molecule has 0 fully saturated rings. The normalized spacial score (nSPS) is 11.9. The van der Waals surface area contributed by atoms with Gasteiger partial charge in [0, 0.05) is 12.1 Å². The van der Waals surface area contributed by atoms with E-state index in [1.54, 1.807) is 54.4 Å². The third kappa shape index (κ3) is 6.80. The highest BCUT2D eigenvalue weighted by Gasteiger charge is 2.15. The second kappa shape index (κ2) is 10.4. The van der Waals surface area contributed by atoms with Gasteiger partial charge < -0.3 is 15.2 Å². The van der Waals surface area contributed by atoms with Crippen molar-refractivity contribution in [2.75, 3.05) is 32.1 Å². The summed E-state index contributed by atoms with van der Waals surface area (Å²) in [4.78, 5) is 25.1. The molecule has 0 aliphatic heterocycles. The van der Waals surface area contributed by atoms with E-state index in [4.69, 9.17) is 27.9 Å². The molecule has 2 N–H and O–H groups in total. The molecule has 0 aliphatic carbocycles. The van der Waals surface area contributed by atoms with Crippen LogP contribution in [0.2, 0.25) is 10.0 Å². The quantitative estimate of drug-likeness (QED) is 0.602. The first-order valence-corrected chi connectivity index (χ1v) is 9.36. The largest absolute Gasteiger partial charge is 0.491 e. The van der Waals surface area contributed by atoms with Crippen LogP contribution in [-0.4, -0.2) is 54.5 Å². The Morgan fingerprint density at radius 2 is 1.75 bits per heavy atom. The van der Waals surface area contributed by atoms with Crippen molar-refractivity contribution in [3.05, 3.63) is 58.1 Å². The van der Waals surface area contributed by atoms with Crippen molar-refractivity contribution in [3.8, 4) is 5.75 Å². The average molecular weight is 425 g/mol. The van der Waals surface area contributed by atoms with Crippen LogP contribution in [0.25, 0.3) is 0 Å². The predicted octanol–water partition coefficient (Wildman–Crippen LogP) is 3.51. The molecule has 0 bridgehead atoms. The SMILES string of the molecule is CC(=O)c1ccc(OCC(O)CN(C)CC(=O)Nc2c(Cl)cccc2Cl)cc1. The summed E-state index contributed by atoms with van der Waals surface area (Å²) in [6.45, 7) is 1.83. The summed E-state index contributed by atoms with van der Waals surface area (Å²) >= 11 is 12.1. The molecule has 0 aromatic heterocycles. The van der Waals surface area contributed by atoms with Crippen molar-refractivity contribution in [2.45, 2.75) is 13.0 Å². The van der Waals surface area contributed by atoms with Crippen LogP contribution in [0.15, 0.2) is 42.5 Å². The lowest BCUT2D eigenvalue weighted by Crippen LogP contribution is -2.37. The molecular formula is C20H22Cl2N2O4. The number of ketones is 1. The third-order valence-corrected chi connectivity index (χ3v) is 4.50. The Morgan fingerprint density at radius 3 is 2.32 bits per heavy atom. The van der Waals surface area contributed by atoms with Crippen molar-refractivity contribution in [1.82, 2.24) is 4.90 Å². The lowest BCUT2D eigenvalue weighted by molar-refractivity contribution is -0.117. The molecule has 150 valence electrons. The maximum absolute atomic E-state index is 12.2. The summed E-state index contributed by atoms with van der Waals surface area (Å²) in [7, 11) is 1.71. The van der Waals surface area contributed by atoms with Crippen molar-refractivity contribution in [1.29, 1.82) is 0 Å². The minimum atomic E-state index is -0.797. The van der Waals surface area contributed by atoms with Crippen LogP contribution in [0.1, 0.15) is 17.3 Å². The molecule has 0 aliphatic rings. The van der Waals surface area contributed by atoms with E-state index < -0.39 is 6.10 Å². The van der Waals surface area contributed by atoms with Crippen LogP contribution in [0, 0.1) is 0 Å². The van der Waals surface area contributed by atoms with Gasteiger partial charge in [-0.1, -0.05) is 29.3 Å². The van der Waals surface area contributed by atoms with E-state index in [0.29, 0.717) is 27.0 Å². The summed E-state index contributed by atoms with van der Waals surface area (Å²) in [5, 5.41) is 13.5. The van der Waals surface area contributed by atoms with Gasteiger partial charge in [-0.2, -0.15) is 0 Å². The first kappa shape index (κ1) is 22.2. The summed E-state index contributed by atoms with van der Waals surface area (Å²) in [6, 6.07) is 11.6. The number of carbonyl (C=O) groups is 2. The Labute approximate surface area is 174 Å². The molecule has 8 heteroatoms. The van der Waals surface area contributed by atoms with Crippen LogP contribution in [0.5, 0.6) is 5.75 Å². The fourth-order valence-electron chi connectivity index (χ4n) is 2.50. The zero-order chi connectivity index (χ0) is 20.7. The maximum Gasteiger partial charge on any atom is 0.238 e.